The van der Waals surface area contributed by atoms with Gasteiger partial charge in [0.2, 0.25) is 11.8 Å². The molecule has 178 valence electrons. The van der Waals surface area contributed by atoms with Gasteiger partial charge in [0.1, 0.15) is 11.6 Å². The van der Waals surface area contributed by atoms with Gasteiger partial charge in [0.05, 0.1) is 18.8 Å². The van der Waals surface area contributed by atoms with Crippen molar-refractivity contribution in [3.8, 4) is 0 Å². The normalized spacial score (nSPS) is 23.8. The zero-order valence-corrected chi connectivity index (χ0v) is 19.4. The Balaban J connectivity index is 1.95. The Morgan fingerprint density at radius 1 is 1.13 bits per heavy atom. The summed E-state index contributed by atoms with van der Waals surface area (Å²) in [5.74, 6) is -0.873. The molecule has 1 saturated heterocycles. The number of aliphatic hydroxyl groups is 2. The van der Waals surface area contributed by atoms with Crippen LogP contribution in [-0.4, -0.2) is 76.5 Å². The summed E-state index contributed by atoms with van der Waals surface area (Å²) in [7, 11) is 0. The average molecular weight is 442 g/mol. The molecule has 9 nitrogen and oxygen atoms in total. The minimum absolute atomic E-state index is 0.0499. The second-order valence-electron chi connectivity index (χ2n) is 10.2. The largest absolute Gasteiger partial charge is 0.444 e. The van der Waals surface area contributed by atoms with Crippen molar-refractivity contribution in [1.29, 1.82) is 0 Å². The number of rotatable bonds is 9. The van der Waals surface area contributed by atoms with Crippen LogP contribution in [0.15, 0.2) is 0 Å². The molecular formula is C22H39N3O6. The number of carbonyl (C=O) groups excluding carboxylic acids is 3. The van der Waals surface area contributed by atoms with Crippen molar-refractivity contribution in [2.75, 3.05) is 19.7 Å². The lowest BCUT2D eigenvalue weighted by molar-refractivity contribution is -0.132. The Kier molecular flexibility index (Phi) is 8.71. The predicted molar refractivity (Wildman–Crippen MR) is 115 cm³/mol. The Morgan fingerprint density at radius 3 is 2.26 bits per heavy atom. The van der Waals surface area contributed by atoms with E-state index < -0.39 is 42.4 Å². The fourth-order valence-electron chi connectivity index (χ4n) is 4.02. The van der Waals surface area contributed by atoms with E-state index in [1.54, 1.807) is 20.8 Å². The van der Waals surface area contributed by atoms with Crippen molar-refractivity contribution in [1.82, 2.24) is 15.5 Å². The van der Waals surface area contributed by atoms with E-state index in [4.69, 9.17) is 4.74 Å². The van der Waals surface area contributed by atoms with Crippen LogP contribution in [0, 0.1) is 17.8 Å². The first-order chi connectivity index (χ1) is 14.4. The molecule has 31 heavy (non-hydrogen) atoms. The number of ether oxygens (including phenoxy) is 1. The Morgan fingerprint density at radius 2 is 1.74 bits per heavy atom. The Labute approximate surface area is 184 Å². The standard InChI is InChI=1S/C22H39N3O6/c1-13(2)10-16(24-21(30)31-22(3,4)5)19(28)23-17(12-26)18(27)14-11-15(14)20(29)25-8-6-7-9-25/h13-18,26-27H,6-12H2,1-5H3,(H,23,28)(H,24,30). The molecule has 9 heteroatoms. The van der Waals surface area contributed by atoms with Gasteiger partial charge in [-0.05, 0) is 58.3 Å². The highest BCUT2D eigenvalue weighted by molar-refractivity contribution is 5.86. The van der Waals surface area contributed by atoms with E-state index in [0.29, 0.717) is 12.8 Å². The van der Waals surface area contributed by atoms with Crippen LogP contribution in [0.25, 0.3) is 0 Å². The second-order valence-corrected chi connectivity index (χ2v) is 10.2. The van der Waals surface area contributed by atoms with E-state index in [9.17, 15) is 24.6 Å². The molecule has 2 fully saturated rings. The summed E-state index contributed by atoms with van der Waals surface area (Å²) < 4.78 is 5.25. The Hall–Kier alpha value is -1.87. The van der Waals surface area contributed by atoms with Gasteiger partial charge in [-0.3, -0.25) is 9.59 Å². The number of hydrogen-bond donors (Lipinski definition) is 4. The van der Waals surface area contributed by atoms with E-state index in [1.807, 2.05) is 18.7 Å². The quantitative estimate of drug-likeness (QED) is 0.423. The van der Waals surface area contributed by atoms with Gasteiger partial charge in [0, 0.05) is 19.0 Å². The molecule has 0 aromatic carbocycles. The Bertz CT molecular complexity index is 642. The van der Waals surface area contributed by atoms with Gasteiger partial charge in [-0.25, -0.2) is 4.79 Å². The first-order valence-corrected chi connectivity index (χ1v) is 11.3. The van der Waals surface area contributed by atoms with E-state index >= 15 is 0 Å². The summed E-state index contributed by atoms with van der Waals surface area (Å²) in [6.45, 7) is 10.1. The zero-order chi connectivity index (χ0) is 23.3. The van der Waals surface area contributed by atoms with Crippen LogP contribution in [-0.2, 0) is 14.3 Å². The van der Waals surface area contributed by atoms with Crippen LogP contribution >= 0.6 is 0 Å². The van der Waals surface area contributed by atoms with Crippen LogP contribution in [0.4, 0.5) is 4.79 Å². The summed E-state index contributed by atoms with van der Waals surface area (Å²) in [6.07, 6.45) is 1.19. The third-order valence-corrected chi connectivity index (χ3v) is 5.66. The molecule has 0 radical (unpaired) electrons. The van der Waals surface area contributed by atoms with Gasteiger partial charge in [0.15, 0.2) is 0 Å². The molecule has 1 saturated carbocycles. The molecule has 1 aliphatic carbocycles. The summed E-state index contributed by atoms with van der Waals surface area (Å²) in [6, 6.07) is -1.78. The first kappa shape index (κ1) is 25.4. The highest BCUT2D eigenvalue weighted by Gasteiger charge is 2.51. The van der Waals surface area contributed by atoms with Crippen molar-refractivity contribution in [2.24, 2.45) is 17.8 Å². The number of alkyl carbamates (subject to hydrolysis) is 1. The van der Waals surface area contributed by atoms with Crippen LogP contribution in [0.1, 0.15) is 60.3 Å². The molecule has 5 atom stereocenters. The molecule has 5 unspecified atom stereocenters. The molecule has 3 amide bonds. The summed E-state index contributed by atoms with van der Waals surface area (Å²) in [4.78, 5) is 39.3. The maximum Gasteiger partial charge on any atom is 0.408 e. The maximum atomic E-state index is 12.8. The molecule has 4 N–H and O–H groups in total. The molecule has 1 aliphatic heterocycles. The van der Waals surface area contributed by atoms with E-state index in [2.05, 4.69) is 10.6 Å². The van der Waals surface area contributed by atoms with Crippen LogP contribution in [0.5, 0.6) is 0 Å². The third kappa shape index (κ3) is 7.64. The van der Waals surface area contributed by atoms with E-state index in [0.717, 1.165) is 25.9 Å². The SMILES string of the molecule is CC(C)CC(NC(=O)OC(C)(C)C)C(=O)NC(CO)C(O)C1CC1C(=O)N1CCCC1. The number of aliphatic hydroxyl groups excluding tert-OH is 2. The average Bonchev–Trinajstić information content (AvgIpc) is 3.26. The molecule has 1 heterocycles. The summed E-state index contributed by atoms with van der Waals surface area (Å²) in [5, 5.41) is 25.7. The topological polar surface area (TPSA) is 128 Å². The van der Waals surface area contributed by atoms with E-state index in [-0.39, 0.29) is 23.7 Å². The van der Waals surface area contributed by atoms with Gasteiger partial charge >= 0.3 is 6.09 Å². The lowest BCUT2D eigenvalue weighted by Gasteiger charge is -2.27. The predicted octanol–water partition coefficient (Wildman–Crippen LogP) is 1.02. The summed E-state index contributed by atoms with van der Waals surface area (Å²) >= 11 is 0. The second kappa shape index (κ2) is 10.6. The molecular weight excluding hydrogens is 402 g/mol. The first-order valence-electron chi connectivity index (χ1n) is 11.3. The smallest absolute Gasteiger partial charge is 0.408 e. The molecule has 0 spiro atoms. The minimum Gasteiger partial charge on any atom is -0.444 e. The third-order valence-electron chi connectivity index (χ3n) is 5.66. The number of amides is 3. The molecule has 0 aromatic heterocycles. The zero-order valence-electron chi connectivity index (χ0n) is 19.4. The lowest BCUT2D eigenvalue weighted by Crippen LogP contribution is -2.55. The van der Waals surface area contributed by atoms with Crippen LogP contribution in [0.3, 0.4) is 0 Å². The van der Waals surface area contributed by atoms with Crippen LogP contribution in [0.2, 0.25) is 0 Å². The summed E-state index contributed by atoms with van der Waals surface area (Å²) in [5.41, 5.74) is -0.699. The van der Waals surface area contributed by atoms with E-state index in [1.165, 1.54) is 0 Å². The highest BCUT2D eigenvalue weighted by Crippen LogP contribution is 2.44. The van der Waals surface area contributed by atoms with Crippen molar-refractivity contribution in [3.63, 3.8) is 0 Å². The highest BCUT2D eigenvalue weighted by atomic mass is 16.6. The van der Waals surface area contributed by atoms with Gasteiger partial charge in [0.25, 0.3) is 0 Å². The maximum absolute atomic E-state index is 12.8. The minimum atomic E-state index is -1.04. The molecule has 0 aromatic rings. The molecule has 2 rings (SSSR count). The number of nitrogens with one attached hydrogen (secondary N) is 2. The molecule has 0 bridgehead atoms. The van der Waals surface area contributed by atoms with Gasteiger partial charge < -0.3 is 30.5 Å². The fraction of sp³-hybridized carbons (Fsp3) is 0.864. The number of nitrogens with zero attached hydrogens (tertiary/aromatic N) is 1. The number of likely N-dealkylation sites (tertiary alicyclic amines) is 1. The number of hydrogen-bond acceptors (Lipinski definition) is 6. The van der Waals surface area contributed by atoms with Crippen LogP contribution < -0.4 is 10.6 Å². The van der Waals surface area contributed by atoms with Crippen molar-refractivity contribution in [3.05, 3.63) is 0 Å². The number of carbonyl (C=O) groups is 3. The van der Waals surface area contributed by atoms with Crippen molar-refractivity contribution < 1.29 is 29.3 Å². The molecule has 2 aliphatic rings. The lowest BCUT2D eigenvalue weighted by atomic mass is 10.0. The van der Waals surface area contributed by atoms with Crippen molar-refractivity contribution >= 4 is 17.9 Å². The van der Waals surface area contributed by atoms with Gasteiger partial charge in [-0.2, -0.15) is 0 Å². The monoisotopic (exact) mass is 441 g/mol. The van der Waals surface area contributed by atoms with Gasteiger partial charge in [-0.15, -0.1) is 0 Å². The fourth-order valence-corrected chi connectivity index (χ4v) is 4.02. The van der Waals surface area contributed by atoms with Crippen molar-refractivity contribution in [2.45, 2.75) is 84.1 Å². The van der Waals surface area contributed by atoms with Gasteiger partial charge in [-0.1, -0.05) is 13.8 Å².